The van der Waals surface area contributed by atoms with Crippen LogP contribution in [0.25, 0.3) is 10.6 Å². The number of rotatable bonds is 4. The SMILES string of the molecule is CC(O)c1nccn1Cc1csc(-c2ccccc2)n1. The zero-order valence-corrected chi connectivity index (χ0v) is 11.9. The first-order chi connectivity index (χ1) is 9.74. The van der Waals surface area contributed by atoms with Crippen molar-refractivity contribution >= 4 is 11.3 Å². The van der Waals surface area contributed by atoms with Crippen molar-refractivity contribution < 1.29 is 5.11 Å². The van der Waals surface area contributed by atoms with Crippen LogP contribution in [-0.2, 0) is 6.54 Å². The average molecular weight is 285 g/mol. The second kappa shape index (κ2) is 5.56. The van der Waals surface area contributed by atoms with Crippen LogP contribution in [0.5, 0.6) is 0 Å². The molecule has 2 aromatic heterocycles. The fraction of sp³-hybridized carbons (Fsp3) is 0.200. The van der Waals surface area contributed by atoms with E-state index in [2.05, 4.69) is 22.1 Å². The third-order valence-electron chi connectivity index (χ3n) is 3.03. The summed E-state index contributed by atoms with van der Waals surface area (Å²) in [6.45, 7) is 2.35. The van der Waals surface area contributed by atoms with Crippen molar-refractivity contribution in [3.8, 4) is 10.6 Å². The van der Waals surface area contributed by atoms with Gasteiger partial charge in [-0.05, 0) is 6.92 Å². The van der Waals surface area contributed by atoms with E-state index in [1.807, 2.05) is 34.3 Å². The molecule has 4 nitrogen and oxygen atoms in total. The van der Waals surface area contributed by atoms with Gasteiger partial charge in [0.15, 0.2) is 0 Å². The molecule has 0 amide bonds. The Bertz CT molecular complexity index is 688. The lowest BCUT2D eigenvalue weighted by Crippen LogP contribution is -2.07. The average Bonchev–Trinajstić information content (AvgIpc) is 3.09. The molecular weight excluding hydrogens is 270 g/mol. The van der Waals surface area contributed by atoms with Crippen molar-refractivity contribution in [3.63, 3.8) is 0 Å². The highest BCUT2D eigenvalue weighted by Gasteiger charge is 2.11. The van der Waals surface area contributed by atoms with Crippen molar-refractivity contribution in [2.24, 2.45) is 0 Å². The summed E-state index contributed by atoms with van der Waals surface area (Å²) >= 11 is 1.63. The zero-order chi connectivity index (χ0) is 13.9. The summed E-state index contributed by atoms with van der Waals surface area (Å²) in [5.41, 5.74) is 2.11. The molecule has 1 N–H and O–H groups in total. The third kappa shape index (κ3) is 2.64. The van der Waals surface area contributed by atoms with E-state index < -0.39 is 6.10 Å². The van der Waals surface area contributed by atoms with Crippen LogP contribution in [0.4, 0.5) is 0 Å². The molecule has 0 bridgehead atoms. The van der Waals surface area contributed by atoms with Crippen LogP contribution in [0.15, 0.2) is 48.1 Å². The van der Waals surface area contributed by atoms with Crippen LogP contribution in [0.2, 0.25) is 0 Å². The minimum absolute atomic E-state index is 0.572. The molecule has 0 spiro atoms. The summed E-state index contributed by atoms with van der Waals surface area (Å²) in [5, 5.41) is 12.7. The largest absolute Gasteiger partial charge is 0.385 e. The molecule has 5 heteroatoms. The van der Waals surface area contributed by atoms with Crippen molar-refractivity contribution in [1.29, 1.82) is 0 Å². The van der Waals surface area contributed by atoms with E-state index in [1.165, 1.54) is 0 Å². The molecule has 102 valence electrons. The standard InChI is InChI=1S/C15H15N3OS/c1-11(19)14-16-7-8-18(14)9-13-10-20-15(17-13)12-5-3-2-4-6-12/h2-8,10-11,19H,9H2,1H3. The highest BCUT2D eigenvalue weighted by atomic mass is 32.1. The first-order valence-electron chi connectivity index (χ1n) is 6.43. The van der Waals surface area contributed by atoms with Gasteiger partial charge >= 0.3 is 0 Å². The lowest BCUT2D eigenvalue weighted by Gasteiger charge is -2.07. The Morgan fingerprint density at radius 3 is 2.85 bits per heavy atom. The Kier molecular flexibility index (Phi) is 3.62. The molecular formula is C15H15N3OS. The lowest BCUT2D eigenvalue weighted by atomic mass is 10.2. The molecule has 3 rings (SSSR count). The molecule has 0 saturated carbocycles. The van der Waals surface area contributed by atoms with Gasteiger partial charge in [0.1, 0.15) is 16.9 Å². The first-order valence-corrected chi connectivity index (χ1v) is 7.31. The van der Waals surface area contributed by atoms with E-state index in [4.69, 9.17) is 0 Å². The molecule has 1 unspecified atom stereocenters. The van der Waals surface area contributed by atoms with Crippen LogP contribution < -0.4 is 0 Å². The Morgan fingerprint density at radius 1 is 1.30 bits per heavy atom. The topological polar surface area (TPSA) is 50.9 Å². The maximum absolute atomic E-state index is 9.65. The van der Waals surface area contributed by atoms with Gasteiger partial charge in [-0.2, -0.15) is 0 Å². The number of aliphatic hydroxyl groups is 1. The van der Waals surface area contributed by atoms with Crippen molar-refractivity contribution in [3.05, 3.63) is 59.6 Å². The highest BCUT2D eigenvalue weighted by molar-refractivity contribution is 7.13. The minimum Gasteiger partial charge on any atom is -0.385 e. The predicted molar refractivity (Wildman–Crippen MR) is 79.5 cm³/mol. The fourth-order valence-corrected chi connectivity index (χ4v) is 2.91. The normalized spacial score (nSPS) is 12.5. The molecule has 0 saturated heterocycles. The first kappa shape index (κ1) is 13.0. The number of thiazole rings is 1. The molecule has 3 aromatic rings. The highest BCUT2D eigenvalue weighted by Crippen LogP contribution is 2.24. The summed E-state index contributed by atoms with van der Waals surface area (Å²) in [7, 11) is 0. The van der Waals surface area contributed by atoms with Gasteiger partial charge in [-0.15, -0.1) is 11.3 Å². The van der Waals surface area contributed by atoms with Crippen LogP contribution in [0, 0.1) is 0 Å². The smallest absolute Gasteiger partial charge is 0.137 e. The third-order valence-corrected chi connectivity index (χ3v) is 3.97. The molecule has 2 heterocycles. The Labute approximate surface area is 121 Å². The summed E-state index contributed by atoms with van der Waals surface area (Å²) in [5.74, 6) is 0.666. The van der Waals surface area contributed by atoms with Crippen molar-refractivity contribution in [2.45, 2.75) is 19.6 Å². The molecule has 0 aliphatic carbocycles. The summed E-state index contributed by atoms with van der Waals surface area (Å²) in [4.78, 5) is 8.81. The van der Waals surface area contributed by atoms with Crippen LogP contribution in [0.3, 0.4) is 0 Å². The number of hydrogen-bond acceptors (Lipinski definition) is 4. The maximum atomic E-state index is 9.65. The van der Waals surface area contributed by atoms with Gasteiger partial charge in [-0.25, -0.2) is 9.97 Å². The predicted octanol–water partition coefficient (Wildman–Crippen LogP) is 3.11. The quantitative estimate of drug-likeness (QED) is 0.801. The zero-order valence-electron chi connectivity index (χ0n) is 11.1. The Balaban J connectivity index is 1.83. The maximum Gasteiger partial charge on any atom is 0.137 e. The number of benzene rings is 1. The van der Waals surface area contributed by atoms with Gasteiger partial charge in [0, 0.05) is 23.3 Å². The number of imidazole rings is 1. The van der Waals surface area contributed by atoms with E-state index in [0.717, 1.165) is 16.3 Å². The van der Waals surface area contributed by atoms with Crippen LogP contribution in [0.1, 0.15) is 24.5 Å². The van der Waals surface area contributed by atoms with Gasteiger partial charge in [0.25, 0.3) is 0 Å². The number of hydrogen-bond donors (Lipinski definition) is 1. The number of aromatic nitrogens is 3. The van der Waals surface area contributed by atoms with E-state index in [-0.39, 0.29) is 0 Å². The Morgan fingerprint density at radius 2 is 2.10 bits per heavy atom. The van der Waals surface area contributed by atoms with Crippen LogP contribution >= 0.6 is 11.3 Å². The fourth-order valence-electron chi connectivity index (χ4n) is 2.09. The second-order valence-electron chi connectivity index (χ2n) is 4.60. The summed E-state index contributed by atoms with van der Waals surface area (Å²) in [6.07, 6.45) is 2.99. The number of nitrogens with zero attached hydrogens (tertiary/aromatic N) is 3. The van der Waals surface area contributed by atoms with Crippen molar-refractivity contribution in [2.75, 3.05) is 0 Å². The van der Waals surface area contributed by atoms with E-state index >= 15 is 0 Å². The van der Waals surface area contributed by atoms with Crippen molar-refractivity contribution in [1.82, 2.24) is 14.5 Å². The molecule has 0 radical (unpaired) electrons. The van der Waals surface area contributed by atoms with Gasteiger partial charge in [-0.1, -0.05) is 30.3 Å². The molecule has 1 atom stereocenters. The van der Waals surface area contributed by atoms with E-state index in [9.17, 15) is 5.11 Å². The number of aliphatic hydroxyl groups excluding tert-OH is 1. The Hall–Kier alpha value is -1.98. The van der Waals surface area contributed by atoms with E-state index in [0.29, 0.717) is 12.4 Å². The van der Waals surface area contributed by atoms with E-state index in [1.54, 1.807) is 24.5 Å². The monoisotopic (exact) mass is 285 g/mol. The van der Waals surface area contributed by atoms with Crippen LogP contribution in [-0.4, -0.2) is 19.6 Å². The van der Waals surface area contributed by atoms with Gasteiger partial charge in [0.2, 0.25) is 0 Å². The van der Waals surface area contributed by atoms with Gasteiger partial charge in [-0.3, -0.25) is 0 Å². The molecule has 0 aliphatic rings. The molecule has 20 heavy (non-hydrogen) atoms. The molecule has 1 aromatic carbocycles. The molecule has 0 fully saturated rings. The minimum atomic E-state index is -0.572. The molecule has 0 aliphatic heterocycles. The van der Waals surface area contributed by atoms with Gasteiger partial charge in [0.05, 0.1) is 12.2 Å². The summed E-state index contributed by atoms with van der Waals surface area (Å²) in [6, 6.07) is 10.1. The van der Waals surface area contributed by atoms with Gasteiger partial charge < -0.3 is 9.67 Å². The lowest BCUT2D eigenvalue weighted by molar-refractivity contribution is 0.184. The second-order valence-corrected chi connectivity index (χ2v) is 5.46. The summed E-state index contributed by atoms with van der Waals surface area (Å²) < 4.78 is 1.93.